The zero-order chi connectivity index (χ0) is 12.0. The fourth-order valence-corrected chi connectivity index (χ4v) is 2.07. The molecule has 0 aromatic rings. The normalized spacial score (nSPS) is 20.0. The number of carboxylic acid groups (broad SMARTS) is 2. The molecule has 0 amide bonds. The van der Waals surface area contributed by atoms with Crippen molar-refractivity contribution in [2.24, 2.45) is 5.92 Å². The van der Waals surface area contributed by atoms with E-state index >= 15 is 0 Å². The molecular formula is C11H19NO4. The van der Waals surface area contributed by atoms with Crippen LogP contribution in [0.1, 0.15) is 32.1 Å². The molecule has 1 saturated heterocycles. The number of hydrogen-bond donors (Lipinski definition) is 2. The van der Waals surface area contributed by atoms with E-state index in [4.69, 9.17) is 10.2 Å². The summed E-state index contributed by atoms with van der Waals surface area (Å²) in [5.41, 5.74) is 0. The molecule has 1 rings (SSSR count). The first kappa shape index (κ1) is 13.0. The Balaban J connectivity index is 2.45. The maximum Gasteiger partial charge on any atom is 0.308 e. The molecule has 92 valence electrons. The third kappa shape index (κ3) is 4.61. The summed E-state index contributed by atoms with van der Waals surface area (Å²) < 4.78 is 0. The first-order valence-corrected chi connectivity index (χ1v) is 5.76. The Labute approximate surface area is 95.1 Å². The van der Waals surface area contributed by atoms with Gasteiger partial charge < -0.3 is 15.1 Å². The second kappa shape index (κ2) is 6.48. The van der Waals surface area contributed by atoms with Gasteiger partial charge in [-0.3, -0.25) is 9.59 Å². The van der Waals surface area contributed by atoms with Crippen LogP contribution >= 0.6 is 0 Å². The van der Waals surface area contributed by atoms with Crippen molar-refractivity contribution in [2.75, 3.05) is 19.6 Å². The van der Waals surface area contributed by atoms with Gasteiger partial charge in [0.05, 0.1) is 12.3 Å². The topological polar surface area (TPSA) is 77.8 Å². The van der Waals surface area contributed by atoms with Crippen LogP contribution in [0.3, 0.4) is 0 Å². The Kier molecular flexibility index (Phi) is 5.25. The number of likely N-dealkylation sites (tertiary alicyclic amines) is 1. The van der Waals surface area contributed by atoms with E-state index in [9.17, 15) is 9.59 Å². The zero-order valence-corrected chi connectivity index (χ0v) is 9.39. The van der Waals surface area contributed by atoms with Crippen molar-refractivity contribution in [1.29, 1.82) is 0 Å². The molecule has 2 N–H and O–H groups in total. The number of aliphatic carboxylic acids is 2. The van der Waals surface area contributed by atoms with E-state index in [1.54, 1.807) is 0 Å². The van der Waals surface area contributed by atoms with Crippen LogP contribution in [0.15, 0.2) is 0 Å². The number of carboxylic acids is 2. The van der Waals surface area contributed by atoms with Crippen molar-refractivity contribution < 1.29 is 19.8 Å². The summed E-state index contributed by atoms with van der Waals surface area (Å²) in [5, 5.41) is 17.6. The van der Waals surface area contributed by atoms with Gasteiger partial charge in [-0.2, -0.15) is 0 Å². The number of rotatable bonds is 5. The Bertz CT molecular complexity index is 246. The minimum Gasteiger partial charge on any atom is -0.481 e. The van der Waals surface area contributed by atoms with E-state index in [-0.39, 0.29) is 6.42 Å². The lowest BCUT2D eigenvalue weighted by molar-refractivity contribution is -0.148. The molecule has 1 unspecified atom stereocenters. The van der Waals surface area contributed by atoms with Crippen molar-refractivity contribution in [2.45, 2.75) is 32.1 Å². The molecule has 16 heavy (non-hydrogen) atoms. The monoisotopic (exact) mass is 229 g/mol. The van der Waals surface area contributed by atoms with Crippen molar-refractivity contribution in [3.8, 4) is 0 Å². The summed E-state index contributed by atoms with van der Waals surface area (Å²) in [4.78, 5) is 23.5. The molecule has 1 heterocycles. The Hall–Kier alpha value is -1.10. The molecule has 0 radical (unpaired) electrons. The van der Waals surface area contributed by atoms with Crippen molar-refractivity contribution >= 4 is 11.9 Å². The van der Waals surface area contributed by atoms with Gasteiger partial charge in [-0.05, 0) is 25.9 Å². The van der Waals surface area contributed by atoms with Crippen molar-refractivity contribution in [3.63, 3.8) is 0 Å². The highest BCUT2D eigenvalue weighted by Crippen LogP contribution is 2.13. The van der Waals surface area contributed by atoms with E-state index in [0.29, 0.717) is 6.54 Å². The maximum absolute atomic E-state index is 10.9. The Morgan fingerprint density at radius 2 is 1.62 bits per heavy atom. The Morgan fingerprint density at radius 1 is 1.06 bits per heavy atom. The van der Waals surface area contributed by atoms with Crippen molar-refractivity contribution in [1.82, 2.24) is 4.90 Å². The van der Waals surface area contributed by atoms with Crippen LogP contribution in [0.25, 0.3) is 0 Å². The standard InChI is InChI=1S/C11H19NO4/c13-10(14)7-9(11(15)16)8-12-5-3-1-2-4-6-12/h9H,1-8H2,(H,13,14)(H,15,16). The molecule has 0 saturated carbocycles. The molecule has 1 fully saturated rings. The average molecular weight is 229 g/mol. The molecule has 5 heteroatoms. The maximum atomic E-state index is 10.9. The van der Waals surface area contributed by atoms with Crippen LogP contribution in [0.5, 0.6) is 0 Å². The Morgan fingerprint density at radius 3 is 2.06 bits per heavy atom. The van der Waals surface area contributed by atoms with E-state index < -0.39 is 17.9 Å². The first-order valence-electron chi connectivity index (χ1n) is 5.76. The molecule has 0 aromatic heterocycles. The molecule has 1 aliphatic heterocycles. The third-order valence-electron chi connectivity index (χ3n) is 2.95. The minimum absolute atomic E-state index is 0.286. The fourth-order valence-electron chi connectivity index (χ4n) is 2.07. The quantitative estimate of drug-likeness (QED) is 0.736. The molecule has 0 aliphatic carbocycles. The summed E-state index contributed by atoms with van der Waals surface area (Å²) in [6.07, 6.45) is 4.25. The molecule has 0 bridgehead atoms. The van der Waals surface area contributed by atoms with E-state index in [1.165, 1.54) is 12.8 Å². The second-order valence-corrected chi connectivity index (χ2v) is 4.35. The average Bonchev–Trinajstić information content (AvgIpc) is 2.44. The lowest BCUT2D eigenvalue weighted by Crippen LogP contribution is -2.35. The number of hydrogen-bond acceptors (Lipinski definition) is 3. The zero-order valence-electron chi connectivity index (χ0n) is 9.39. The van der Waals surface area contributed by atoms with Gasteiger partial charge in [-0.25, -0.2) is 0 Å². The van der Waals surface area contributed by atoms with Gasteiger partial charge in [0, 0.05) is 6.54 Å². The molecule has 1 atom stereocenters. The lowest BCUT2D eigenvalue weighted by Gasteiger charge is -2.22. The fraction of sp³-hybridized carbons (Fsp3) is 0.818. The summed E-state index contributed by atoms with van der Waals surface area (Å²) in [6, 6.07) is 0. The third-order valence-corrected chi connectivity index (χ3v) is 2.95. The van der Waals surface area contributed by atoms with Crippen LogP contribution in [0, 0.1) is 5.92 Å². The van der Waals surface area contributed by atoms with Gasteiger partial charge in [0.25, 0.3) is 0 Å². The molecule has 0 spiro atoms. The molecule has 1 aliphatic rings. The first-order chi connectivity index (χ1) is 7.59. The number of carbonyl (C=O) groups is 2. The van der Waals surface area contributed by atoms with Crippen LogP contribution in [-0.2, 0) is 9.59 Å². The van der Waals surface area contributed by atoms with Gasteiger partial charge in [0.1, 0.15) is 0 Å². The summed E-state index contributed by atoms with van der Waals surface area (Å²) in [7, 11) is 0. The highest BCUT2D eigenvalue weighted by molar-refractivity contribution is 5.77. The van der Waals surface area contributed by atoms with Gasteiger partial charge in [0.15, 0.2) is 0 Å². The van der Waals surface area contributed by atoms with Crippen LogP contribution in [-0.4, -0.2) is 46.7 Å². The largest absolute Gasteiger partial charge is 0.481 e. The summed E-state index contributed by atoms with van der Waals surface area (Å²) >= 11 is 0. The van der Waals surface area contributed by atoms with Crippen LogP contribution in [0.4, 0.5) is 0 Å². The van der Waals surface area contributed by atoms with E-state index in [1.807, 2.05) is 0 Å². The smallest absolute Gasteiger partial charge is 0.308 e. The van der Waals surface area contributed by atoms with E-state index in [2.05, 4.69) is 4.90 Å². The van der Waals surface area contributed by atoms with Crippen LogP contribution < -0.4 is 0 Å². The highest BCUT2D eigenvalue weighted by atomic mass is 16.4. The SMILES string of the molecule is O=C(O)CC(CN1CCCCCC1)C(=O)O. The molecular weight excluding hydrogens is 210 g/mol. The molecule has 5 nitrogen and oxygen atoms in total. The van der Waals surface area contributed by atoms with Crippen molar-refractivity contribution in [3.05, 3.63) is 0 Å². The van der Waals surface area contributed by atoms with E-state index in [0.717, 1.165) is 25.9 Å². The molecule has 0 aromatic carbocycles. The lowest BCUT2D eigenvalue weighted by atomic mass is 10.1. The second-order valence-electron chi connectivity index (χ2n) is 4.35. The highest BCUT2D eigenvalue weighted by Gasteiger charge is 2.24. The number of nitrogens with zero attached hydrogens (tertiary/aromatic N) is 1. The summed E-state index contributed by atoms with van der Waals surface area (Å²) in [5.74, 6) is -2.83. The summed E-state index contributed by atoms with van der Waals surface area (Å²) in [6.45, 7) is 2.15. The van der Waals surface area contributed by atoms with Gasteiger partial charge in [-0.1, -0.05) is 12.8 Å². The predicted octanol–water partition coefficient (Wildman–Crippen LogP) is 1.04. The van der Waals surface area contributed by atoms with Crippen LogP contribution in [0.2, 0.25) is 0 Å². The predicted molar refractivity (Wildman–Crippen MR) is 58.3 cm³/mol. The van der Waals surface area contributed by atoms with Gasteiger partial charge >= 0.3 is 11.9 Å². The van der Waals surface area contributed by atoms with Gasteiger partial charge in [-0.15, -0.1) is 0 Å². The minimum atomic E-state index is -1.04. The van der Waals surface area contributed by atoms with Gasteiger partial charge in [0.2, 0.25) is 0 Å².